The Morgan fingerprint density at radius 3 is 2.09 bits per heavy atom. The molecule has 0 bridgehead atoms. The lowest BCUT2D eigenvalue weighted by Crippen LogP contribution is -2.04. The smallest absolute Gasteiger partial charge is 0.0730 e. The van der Waals surface area contributed by atoms with Gasteiger partial charge in [-0.25, -0.2) is 0 Å². The van der Waals surface area contributed by atoms with Crippen molar-refractivity contribution in [2.24, 2.45) is 0 Å². The fraction of sp³-hybridized carbons (Fsp3) is 0.625. The molecule has 3 heteroatoms. The van der Waals surface area contributed by atoms with Gasteiger partial charge < -0.3 is 0 Å². The van der Waals surface area contributed by atoms with E-state index in [2.05, 4.69) is 53.1 Å². The highest BCUT2D eigenvalue weighted by Crippen LogP contribution is 2.18. The Morgan fingerprint density at radius 1 is 1.36 bits per heavy atom. The second kappa shape index (κ2) is 3.13. The van der Waals surface area contributed by atoms with Crippen molar-refractivity contribution in [2.45, 2.75) is 33.7 Å². The van der Waals surface area contributed by atoms with E-state index < -0.39 is 0 Å². The maximum absolute atomic E-state index is 4.42. The zero-order valence-corrected chi connectivity index (χ0v) is 9.51. The molecule has 0 aromatic carbocycles. The van der Waals surface area contributed by atoms with E-state index in [1.165, 1.54) is 9.26 Å². The zero-order chi connectivity index (χ0) is 8.59. The third kappa shape index (κ3) is 1.58. The molecule has 0 aliphatic heterocycles. The number of nitrogens with zero attached hydrogens (tertiary/aromatic N) is 2. The molecule has 1 heterocycles. The van der Waals surface area contributed by atoms with Crippen LogP contribution in [0.25, 0.3) is 0 Å². The van der Waals surface area contributed by atoms with E-state index in [0.717, 1.165) is 5.69 Å². The Hall–Kier alpha value is -0.0600. The predicted octanol–water partition coefficient (Wildman–Crippen LogP) is 2.69. The Morgan fingerprint density at radius 2 is 1.91 bits per heavy atom. The molecule has 0 saturated carbocycles. The topological polar surface area (TPSA) is 17.8 Å². The van der Waals surface area contributed by atoms with E-state index in [1.807, 2.05) is 6.92 Å². The van der Waals surface area contributed by atoms with Crippen LogP contribution in [0.1, 0.15) is 31.3 Å². The molecular formula is C8H13IN2. The Bertz CT molecular complexity index is 263. The van der Waals surface area contributed by atoms with Crippen molar-refractivity contribution < 1.29 is 0 Å². The molecule has 0 saturated heterocycles. The lowest BCUT2D eigenvalue weighted by molar-refractivity contribution is 0.516. The minimum absolute atomic E-state index is 0.470. The summed E-state index contributed by atoms with van der Waals surface area (Å²) < 4.78 is 3.35. The molecule has 0 atom stereocenters. The van der Waals surface area contributed by atoms with Crippen molar-refractivity contribution in [3.63, 3.8) is 0 Å². The summed E-state index contributed by atoms with van der Waals surface area (Å²) in [7, 11) is 0. The van der Waals surface area contributed by atoms with Crippen LogP contribution in [-0.2, 0) is 0 Å². The van der Waals surface area contributed by atoms with E-state index in [1.54, 1.807) is 0 Å². The largest absolute Gasteiger partial charge is 0.266 e. The predicted molar refractivity (Wildman–Crippen MR) is 54.8 cm³/mol. The first kappa shape index (κ1) is 9.03. The van der Waals surface area contributed by atoms with Crippen molar-refractivity contribution in [3.8, 4) is 0 Å². The van der Waals surface area contributed by atoms with Gasteiger partial charge in [-0.3, -0.25) is 4.68 Å². The van der Waals surface area contributed by atoms with Crippen LogP contribution >= 0.6 is 22.6 Å². The number of aryl methyl sites for hydroxylation is 1. The van der Waals surface area contributed by atoms with Crippen molar-refractivity contribution in [3.05, 3.63) is 15.0 Å². The van der Waals surface area contributed by atoms with E-state index in [4.69, 9.17) is 0 Å². The van der Waals surface area contributed by atoms with Crippen LogP contribution in [0.3, 0.4) is 0 Å². The summed E-state index contributed by atoms with van der Waals surface area (Å²) in [5, 5.41) is 4.42. The van der Waals surface area contributed by atoms with Gasteiger partial charge >= 0.3 is 0 Å². The monoisotopic (exact) mass is 264 g/mol. The molecule has 1 rings (SSSR count). The highest BCUT2D eigenvalue weighted by molar-refractivity contribution is 14.1. The Balaban J connectivity index is 3.19. The maximum atomic E-state index is 4.42. The molecular weight excluding hydrogens is 251 g/mol. The van der Waals surface area contributed by atoms with Crippen LogP contribution in [0, 0.1) is 17.4 Å². The average Bonchev–Trinajstić information content (AvgIpc) is 2.17. The number of aromatic nitrogens is 2. The Labute approximate surface area is 81.1 Å². The van der Waals surface area contributed by atoms with Crippen molar-refractivity contribution in [1.29, 1.82) is 0 Å². The van der Waals surface area contributed by atoms with Gasteiger partial charge in [0.1, 0.15) is 0 Å². The highest BCUT2D eigenvalue weighted by Gasteiger charge is 2.09. The first-order valence-corrected chi connectivity index (χ1v) is 4.83. The van der Waals surface area contributed by atoms with Crippen LogP contribution in [0.15, 0.2) is 0 Å². The van der Waals surface area contributed by atoms with Crippen molar-refractivity contribution in [1.82, 2.24) is 9.78 Å². The summed E-state index contributed by atoms with van der Waals surface area (Å²) in [4.78, 5) is 0. The summed E-state index contributed by atoms with van der Waals surface area (Å²) >= 11 is 2.34. The molecule has 2 nitrogen and oxygen atoms in total. The molecule has 0 radical (unpaired) electrons. The quantitative estimate of drug-likeness (QED) is 0.713. The summed E-state index contributed by atoms with van der Waals surface area (Å²) in [5.74, 6) is 0. The third-order valence-corrected chi connectivity index (χ3v) is 3.29. The molecule has 0 fully saturated rings. The van der Waals surface area contributed by atoms with Crippen LogP contribution in [-0.4, -0.2) is 9.78 Å². The minimum atomic E-state index is 0.470. The first-order valence-electron chi connectivity index (χ1n) is 3.75. The van der Waals surface area contributed by atoms with E-state index in [9.17, 15) is 0 Å². The SMILES string of the molecule is Cc1nn(C(C)C)c(C)c1I. The van der Waals surface area contributed by atoms with Gasteiger partial charge in [0, 0.05) is 11.7 Å². The fourth-order valence-corrected chi connectivity index (χ4v) is 1.50. The number of halogens is 1. The van der Waals surface area contributed by atoms with Crippen LogP contribution in [0.4, 0.5) is 0 Å². The summed E-state index contributed by atoms with van der Waals surface area (Å²) in [6.45, 7) is 8.46. The molecule has 1 aromatic heterocycles. The summed E-state index contributed by atoms with van der Waals surface area (Å²) in [5.41, 5.74) is 2.41. The number of hydrogen-bond acceptors (Lipinski definition) is 1. The molecule has 0 aliphatic carbocycles. The summed E-state index contributed by atoms with van der Waals surface area (Å²) in [6.07, 6.45) is 0. The van der Waals surface area contributed by atoms with Gasteiger partial charge in [-0.15, -0.1) is 0 Å². The standard InChI is InChI=1S/C8H13IN2/c1-5(2)11-7(4)8(9)6(3)10-11/h5H,1-4H3. The van der Waals surface area contributed by atoms with Crippen LogP contribution < -0.4 is 0 Å². The molecule has 0 aliphatic rings. The molecule has 11 heavy (non-hydrogen) atoms. The molecule has 62 valence electrons. The molecule has 0 unspecified atom stereocenters. The van der Waals surface area contributed by atoms with E-state index >= 15 is 0 Å². The van der Waals surface area contributed by atoms with Gasteiger partial charge in [-0.05, 0) is 50.3 Å². The third-order valence-electron chi connectivity index (χ3n) is 1.73. The molecule has 0 amide bonds. The number of hydrogen-bond donors (Lipinski definition) is 0. The van der Waals surface area contributed by atoms with Gasteiger partial charge in [0.05, 0.1) is 9.26 Å². The normalized spacial score (nSPS) is 11.1. The van der Waals surface area contributed by atoms with Crippen molar-refractivity contribution in [2.75, 3.05) is 0 Å². The van der Waals surface area contributed by atoms with Gasteiger partial charge in [-0.1, -0.05) is 0 Å². The molecule has 0 spiro atoms. The van der Waals surface area contributed by atoms with Gasteiger partial charge in [0.2, 0.25) is 0 Å². The number of rotatable bonds is 1. The first-order chi connectivity index (χ1) is 5.04. The summed E-state index contributed by atoms with van der Waals surface area (Å²) in [6, 6.07) is 0.470. The van der Waals surface area contributed by atoms with Gasteiger partial charge in [0.25, 0.3) is 0 Å². The van der Waals surface area contributed by atoms with E-state index in [0.29, 0.717) is 6.04 Å². The molecule has 0 N–H and O–H groups in total. The maximum Gasteiger partial charge on any atom is 0.0730 e. The van der Waals surface area contributed by atoms with Gasteiger partial charge in [0.15, 0.2) is 0 Å². The highest BCUT2D eigenvalue weighted by atomic mass is 127. The minimum Gasteiger partial charge on any atom is -0.266 e. The van der Waals surface area contributed by atoms with Crippen LogP contribution in [0.2, 0.25) is 0 Å². The second-order valence-electron chi connectivity index (χ2n) is 3.02. The Kier molecular flexibility index (Phi) is 2.57. The second-order valence-corrected chi connectivity index (χ2v) is 4.10. The zero-order valence-electron chi connectivity index (χ0n) is 7.35. The molecule has 1 aromatic rings. The lowest BCUT2D eigenvalue weighted by atomic mass is 10.3. The van der Waals surface area contributed by atoms with Gasteiger partial charge in [-0.2, -0.15) is 5.10 Å². The van der Waals surface area contributed by atoms with Crippen LogP contribution in [0.5, 0.6) is 0 Å². The lowest BCUT2D eigenvalue weighted by Gasteiger charge is -2.06. The fourth-order valence-electron chi connectivity index (χ4n) is 1.15. The average molecular weight is 264 g/mol. The van der Waals surface area contributed by atoms with Crippen molar-refractivity contribution >= 4 is 22.6 Å². The van der Waals surface area contributed by atoms with E-state index in [-0.39, 0.29) is 0 Å².